The van der Waals surface area contributed by atoms with Gasteiger partial charge in [0.1, 0.15) is 22.8 Å². The number of ketones is 2. The smallest absolute Gasteiger partial charge is 0.255 e. The van der Waals surface area contributed by atoms with Crippen molar-refractivity contribution in [1.82, 2.24) is 4.90 Å². The van der Waals surface area contributed by atoms with E-state index < -0.39 is 63.8 Å². The van der Waals surface area contributed by atoms with Crippen LogP contribution in [0.4, 0.5) is 5.69 Å². The highest BCUT2D eigenvalue weighted by atomic mass is 35.5. The number of nitrogens with two attached hydrogens (primary N) is 2. The summed E-state index contributed by atoms with van der Waals surface area (Å²) in [5.41, 5.74) is 7.92. The van der Waals surface area contributed by atoms with Crippen LogP contribution in [0, 0.1) is 11.8 Å². The maximum absolute atomic E-state index is 13.6. The molecule has 3 aliphatic carbocycles. The van der Waals surface area contributed by atoms with Crippen LogP contribution in [0.3, 0.4) is 0 Å². The number of likely N-dealkylation sites (N-methyl/N-ethyl adjacent to an activating group) is 1. The highest BCUT2D eigenvalue weighted by Gasteiger charge is 2.64. The molecule has 8 N–H and O–H groups in total. The zero-order valence-corrected chi connectivity index (χ0v) is 18.0. The minimum absolute atomic E-state index is 0.0154. The SMILES string of the molecule is CN(C)[C@@H]1C(=O)C(C(N)=O)=C(O)[C@@]2(O)C(=O)C3=C(O)c4c(O)cc(Cl)c(N)c4CC3CC12. The number of carbonyl (C=O) groups excluding carboxylic acids is 3. The first-order valence-corrected chi connectivity index (χ1v) is 10.2. The Hall–Kier alpha value is -3.08. The first kappa shape index (κ1) is 22.1. The summed E-state index contributed by atoms with van der Waals surface area (Å²) < 4.78 is 0. The van der Waals surface area contributed by atoms with Crippen molar-refractivity contribution in [3.63, 3.8) is 0 Å². The number of Topliss-reactive ketones (excluding diaryl/α,β-unsaturated/α-hetero) is 2. The normalized spacial score (nSPS) is 29.7. The zero-order valence-electron chi connectivity index (χ0n) is 17.2. The van der Waals surface area contributed by atoms with E-state index in [0.29, 0.717) is 5.56 Å². The fraction of sp³-hybridized carbons (Fsp3) is 0.381. The molecule has 1 amide bonds. The molecule has 32 heavy (non-hydrogen) atoms. The number of primary amides is 1. The van der Waals surface area contributed by atoms with Crippen molar-refractivity contribution in [3.05, 3.63) is 39.1 Å². The van der Waals surface area contributed by atoms with Gasteiger partial charge in [0.2, 0.25) is 5.78 Å². The summed E-state index contributed by atoms with van der Waals surface area (Å²) in [5, 5.41) is 43.5. The van der Waals surface area contributed by atoms with Crippen LogP contribution in [0.1, 0.15) is 17.5 Å². The number of aromatic hydroxyl groups is 1. The number of aliphatic hydroxyl groups excluding tert-OH is 2. The van der Waals surface area contributed by atoms with Crippen LogP contribution in [0.15, 0.2) is 23.0 Å². The van der Waals surface area contributed by atoms with Gasteiger partial charge in [0, 0.05) is 17.6 Å². The number of nitrogen functional groups attached to an aromatic ring is 1. The summed E-state index contributed by atoms with van der Waals surface area (Å²) in [6, 6.07) is -0.0146. The third kappa shape index (κ3) is 2.63. The van der Waals surface area contributed by atoms with Crippen molar-refractivity contribution in [2.24, 2.45) is 17.6 Å². The minimum atomic E-state index is -2.67. The summed E-state index contributed by atoms with van der Waals surface area (Å²) in [7, 11) is 3.06. The van der Waals surface area contributed by atoms with Crippen molar-refractivity contribution in [1.29, 1.82) is 0 Å². The molecule has 1 aromatic rings. The van der Waals surface area contributed by atoms with Gasteiger partial charge >= 0.3 is 0 Å². The van der Waals surface area contributed by atoms with Gasteiger partial charge in [-0.25, -0.2) is 0 Å². The third-order valence-corrected chi connectivity index (χ3v) is 7.03. The number of anilines is 1. The molecule has 0 saturated heterocycles. The maximum atomic E-state index is 13.6. The Morgan fingerprint density at radius 1 is 1.25 bits per heavy atom. The fourth-order valence-electron chi connectivity index (χ4n) is 5.31. The summed E-state index contributed by atoms with van der Waals surface area (Å²) in [4.78, 5) is 39.9. The van der Waals surface area contributed by atoms with Gasteiger partial charge in [-0.05, 0) is 38.4 Å². The van der Waals surface area contributed by atoms with E-state index in [1.165, 1.54) is 19.0 Å². The van der Waals surface area contributed by atoms with Crippen LogP contribution >= 0.6 is 11.6 Å². The topological polar surface area (TPSA) is 187 Å². The second-order valence-corrected chi connectivity index (χ2v) is 9.01. The first-order chi connectivity index (χ1) is 14.8. The van der Waals surface area contributed by atoms with Crippen LogP contribution in [0.2, 0.25) is 5.02 Å². The summed E-state index contributed by atoms with van der Waals surface area (Å²) in [5.74, 6) is -7.16. The number of phenols is 1. The Kier molecular flexibility index (Phi) is 4.81. The monoisotopic (exact) mass is 463 g/mol. The number of fused-ring (bicyclic) bond motifs is 3. The predicted octanol–water partition coefficient (Wildman–Crippen LogP) is 0.200. The van der Waals surface area contributed by atoms with E-state index in [9.17, 15) is 34.8 Å². The van der Waals surface area contributed by atoms with Crippen molar-refractivity contribution < 1.29 is 34.8 Å². The van der Waals surface area contributed by atoms with E-state index in [-0.39, 0.29) is 34.7 Å². The molecule has 0 bridgehead atoms. The number of benzene rings is 1. The lowest BCUT2D eigenvalue weighted by Crippen LogP contribution is -2.65. The molecule has 0 aromatic heterocycles. The quantitative estimate of drug-likeness (QED) is 0.202. The van der Waals surface area contributed by atoms with Crippen molar-refractivity contribution in [3.8, 4) is 5.75 Å². The summed E-state index contributed by atoms with van der Waals surface area (Å²) in [6.45, 7) is 0. The highest BCUT2D eigenvalue weighted by molar-refractivity contribution is 6.33. The lowest BCUT2D eigenvalue weighted by molar-refractivity contribution is -0.153. The van der Waals surface area contributed by atoms with Gasteiger partial charge in [0.25, 0.3) is 5.91 Å². The Labute approximate surface area is 187 Å². The molecule has 4 atom stereocenters. The molecule has 11 heteroatoms. The fourth-order valence-corrected chi connectivity index (χ4v) is 5.53. The second kappa shape index (κ2) is 6.96. The molecule has 4 rings (SSSR count). The van der Waals surface area contributed by atoms with E-state index in [4.69, 9.17) is 23.1 Å². The van der Waals surface area contributed by atoms with Crippen molar-refractivity contribution in [2.75, 3.05) is 19.8 Å². The standard InChI is InChI=1S/C21H22ClN3O7/c1-25(2)15-8-4-6-3-7-12(10(26)5-9(22)14(7)23)16(27)11(6)18(29)21(8,32)19(30)13(17(15)28)20(24)31/h5-6,8,15,26-27,30,32H,3-4,23H2,1-2H3,(H2,24,31)/t6?,8?,15-,21-/m0/s1. The lowest BCUT2D eigenvalue weighted by atomic mass is 9.57. The van der Waals surface area contributed by atoms with E-state index in [1.807, 2.05) is 0 Å². The van der Waals surface area contributed by atoms with Crippen LogP contribution < -0.4 is 11.5 Å². The van der Waals surface area contributed by atoms with Crippen LogP contribution in [0.5, 0.6) is 5.75 Å². The number of rotatable bonds is 2. The average molecular weight is 464 g/mol. The van der Waals surface area contributed by atoms with Gasteiger partial charge in [-0.15, -0.1) is 0 Å². The predicted molar refractivity (Wildman–Crippen MR) is 114 cm³/mol. The molecule has 3 aliphatic rings. The van der Waals surface area contributed by atoms with Gasteiger partial charge in [0.05, 0.1) is 22.3 Å². The van der Waals surface area contributed by atoms with Crippen LogP contribution in [-0.4, -0.2) is 68.5 Å². The number of hydrogen-bond acceptors (Lipinski definition) is 9. The zero-order chi connectivity index (χ0) is 23.9. The lowest BCUT2D eigenvalue weighted by Gasteiger charge is -2.50. The largest absolute Gasteiger partial charge is 0.508 e. The number of nitrogens with zero attached hydrogens (tertiary/aromatic N) is 1. The molecule has 0 aliphatic heterocycles. The second-order valence-electron chi connectivity index (χ2n) is 8.61. The molecule has 1 aromatic carbocycles. The van der Waals surface area contributed by atoms with Gasteiger partial charge < -0.3 is 31.9 Å². The Morgan fingerprint density at radius 2 is 1.88 bits per heavy atom. The van der Waals surface area contributed by atoms with Crippen LogP contribution in [0.25, 0.3) is 5.76 Å². The maximum Gasteiger partial charge on any atom is 0.255 e. The third-order valence-electron chi connectivity index (χ3n) is 6.72. The number of carbonyl (C=O) groups is 3. The van der Waals surface area contributed by atoms with Gasteiger partial charge in [-0.3, -0.25) is 19.3 Å². The van der Waals surface area contributed by atoms with Crippen LogP contribution in [-0.2, 0) is 20.8 Å². The van der Waals surface area contributed by atoms with E-state index >= 15 is 0 Å². The van der Waals surface area contributed by atoms with Gasteiger partial charge in [-0.1, -0.05) is 11.6 Å². The Bertz CT molecular complexity index is 1170. The average Bonchev–Trinajstić information content (AvgIpc) is 2.68. The molecule has 170 valence electrons. The first-order valence-electron chi connectivity index (χ1n) is 9.78. The number of halogens is 1. The number of aliphatic hydroxyl groups is 3. The Morgan fingerprint density at radius 3 is 2.44 bits per heavy atom. The molecule has 0 heterocycles. The molecule has 0 radical (unpaired) electrons. The number of hydrogen-bond donors (Lipinski definition) is 6. The molecular formula is C21H22ClN3O7. The number of phenolic OH excluding ortho intramolecular Hbond substituents is 1. The molecule has 10 nitrogen and oxygen atoms in total. The molecule has 1 saturated carbocycles. The molecule has 1 fully saturated rings. The van der Waals surface area contributed by atoms with Crippen molar-refractivity contribution in [2.45, 2.75) is 24.5 Å². The van der Waals surface area contributed by atoms with E-state index in [0.717, 1.165) is 6.07 Å². The van der Waals surface area contributed by atoms with Gasteiger partial charge in [-0.2, -0.15) is 0 Å². The highest BCUT2D eigenvalue weighted by Crippen LogP contribution is 2.53. The Balaban J connectivity index is 2.00. The minimum Gasteiger partial charge on any atom is -0.508 e. The van der Waals surface area contributed by atoms with Crippen molar-refractivity contribution >= 4 is 40.5 Å². The van der Waals surface area contributed by atoms with E-state index in [1.54, 1.807) is 0 Å². The molecular weight excluding hydrogens is 442 g/mol. The molecule has 2 unspecified atom stereocenters. The van der Waals surface area contributed by atoms with Gasteiger partial charge in [0.15, 0.2) is 11.4 Å². The number of amides is 1. The molecule has 0 spiro atoms. The summed E-state index contributed by atoms with van der Waals surface area (Å²) in [6.07, 6.45) is 0.0764. The van der Waals surface area contributed by atoms with E-state index in [2.05, 4.69) is 0 Å². The summed E-state index contributed by atoms with van der Waals surface area (Å²) >= 11 is 6.06.